The highest BCUT2D eigenvalue weighted by molar-refractivity contribution is 5.61. The van der Waals surface area contributed by atoms with Gasteiger partial charge in [0.25, 0.3) is 0 Å². The predicted octanol–water partition coefficient (Wildman–Crippen LogP) is 5.37. The minimum absolute atomic E-state index is 0.184. The first kappa shape index (κ1) is 18.1. The lowest BCUT2D eigenvalue weighted by Gasteiger charge is -2.21. The minimum atomic E-state index is -0.401. The summed E-state index contributed by atoms with van der Waals surface area (Å²) >= 11 is 0. The van der Waals surface area contributed by atoms with Gasteiger partial charge in [0.05, 0.1) is 19.0 Å². The van der Waals surface area contributed by atoms with Crippen molar-refractivity contribution in [1.29, 1.82) is 0 Å². The Morgan fingerprint density at radius 2 is 1.82 bits per heavy atom. The molecule has 5 nitrogen and oxygen atoms in total. The number of hydrogen-bond donors (Lipinski definition) is 1. The Balaban J connectivity index is 1.47. The third kappa shape index (κ3) is 4.01. The molecule has 0 bridgehead atoms. The summed E-state index contributed by atoms with van der Waals surface area (Å²) in [6, 6.07) is 16.3. The van der Waals surface area contributed by atoms with Crippen molar-refractivity contribution in [2.45, 2.75) is 12.8 Å². The Labute approximate surface area is 163 Å². The fraction of sp³-hybridized carbons (Fsp3) is 0.227. The highest BCUT2D eigenvalue weighted by Crippen LogP contribution is 2.34. The van der Waals surface area contributed by atoms with E-state index in [0.717, 1.165) is 24.5 Å². The Kier molecular flexibility index (Phi) is 5.28. The molecule has 2 heterocycles. The van der Waals surface area contributed by atoms with Crippen LogP contribution in [0.1, 0.15) is 12.8 Å². The maximum absolute atomic E-state index is 13.5. The number of nitrogens with one attached hydrogen (secondary N) is 1. The maximum Gasteiger partial charge on any atom is 0.165 e. The van der Waals surface area contributed by atoms with Crippen molar-refractivity contribution >= 4 is 17.2 Å². The lowest BCUT2D eigenvalue weighted by Crippen LogP contribution is -2.18. The van der Waals surface area contributed by atoms with E-state index in [2.05, 4.69) is 21.3 Å². The first-order valence-corrected chi connectivity index (χ1v) is 9.31. The monoisotopic (exact) mass is 379 g/mol. The molecule has 1 N–H and O–H groups in total. The summed E-state index contributed by atoms with van der Waals surface area (Å²) in [5.74, 6) is 1.91. The molecule has 28 heavy (non-hydrogen) atoms. The number of benzene rings is 2. The number of rotatable bonds is 6. The molecule has 1 saturated heterocycles. The minimum Gasteiger partial charge on any atom is -0.494 e. The predicted molar refractivity (Wildman–Crippen MR) is 108 cm³/mol. The van der Waals surface area contributed by atoms with Gasteiger partial charge in [-0.1, -0.05) is 12.1 Å². The Morgan fingerprint density at radius 3 is 2.57 bits per heavy atom. The molecule has 1 aliphatic heterocycles. The fourth-order valence-corrected chi connectivity index (χ4v) is 3.29. The quantitative estimate of drug-likeness (QED) is 0.624. The smallest absolute Gasteiger partial charge is 0.165 e. The van der Waals surface area contributed by atoms with E-state index in [1.54, 1.807) is 18.3 Å². The number of halogens is 1. The summed E-state index contributed by atoms with van der Waals surface area (Å²) in [7, 11) is 1.44. The third-order valence-corrected chi connectivity index (χ3v) is 4.70. The van der Waals surface area contributed by atoms with Crippen molar-refractivity contribution in [3.05, 3.63) is 66.6 Å². The van der Waals surface area contributed by atoms with Crippen LogP contribution in [0.25, 0.3) is 0 Å². The third-order valence-electron chi connectivity index (χ3n) is 4.70. The van der Waals surface area contributed by atoms with Crippen LogP contribution in [0.15, 0.2) is 60.8 Å². The molecule has 6 heteroatoms. The van der Waals surface area contributed by atoms with Gasteiger partial charge in [-0.3, -0.25) is 0 Å². The highest BCUT2D eigenvalue weighted by Gasteiger charge is 2.16. The number of anilines is 3. The van der Waals surface area contributed by atoms with Gasteiger partial charge in [0.15, 0.2) is 17.3 Å². The molecule has 1 aromatic heterocycles. The van der Waals surface area contributed by atoms with E-state index in [1.165, 1.54) is 26.0 Å². The van der Waals surface area contributed by atoms with E-state index in [1.807, 2.05) is 30.3 Å². The van der Waals surface area contributed by atoms with Crippen LogP contribution in [0, 0.1) is 5.82 Å². The molecule has 0 amide bonds. The number of aromatic nitrogens is 1. The number of hydrogen-bond acceptors (Lipinski definition) is 5. The van der Waals surface area contributed by atoms with Gasteiger partial charge in [0.1, 0.15) is 11.6 Å². The molecule has 144 valence electrons. The summed E-state index contributed by atoms with van der Waals surface area (Å²) in [4.78, 5) is 6.74. The largest absolute Gasteiger partial charge is 0.494 e. The topological polar surface area (TPSA) is 46.6 Å². The molecule has 0 aliphatic carbocycles. The van der Waals surface area contributed by atoms with Gasteiger partial charge in [-0.15, -0.1) is 0 Å². The molecule has 0 saturated carbocycles. The zero-order valence-corrected chi connectivity index (χ0v) is 15.7. The second kappa shape index (κ2) is 8.17. The molecule has 0 radical (unpaired) electrons. The van der Waals surface area contributed by atoms with Gasteiger partial charge in [-0.05, 0) is 49.2 Å². The van der Waals surface area contributed by atoms with E-state index in [0.29, 0.717) is 17.3 Å². The van der Waals surface area contributed by atoms with E-state index < -0.39 is 5.82 Å². The summed E-state index contributed by atoms with van der Waals surface area (Å²) < 4.78 is 24.6. The number of para-hydroxylation sites is 2. The number of nitrogens with zero attached hydrogens (tertiary/aromatic N) is 2. The Hall–Kier alpha value is -3.28. The van der Waals surface area contributed by atoms with Gasteiger partial charge in [0.2, 0.25) is 0 Å². The molecule has 0 atom stereocenters. The molecule has 0 unspecified atom stereocenters. The van der Waals surface area contributed by atoms with Crippen LogP contribution in [0.4, 0.5) is 21.6 Å². The first-order valence-electron chi connectivity index (χ1n) is 9.31. The second-order valence-electron chi connectivity index (χ2n) is 6.62. The lowest BCUT2D eigenvalue weighted by molar-refractivity contribution is 0.387. The van der Waals surface area contributed by atoms with E-state index in [-0.39, 0.29) is 5.75 Å². The lowest BCUT2D eigenvalue weighted by atomic mass is 10.2. The maximum atomic E-state index is 13.5. The SMILES string of the molecule is COc1cc(Nc2ccc(Oc3ccccc3N3CCCC3)cn2)ccc1F. The molecular formula is C22H22FN3O2. The van der Waals surface area contributed by atoms with Crippen LogP contribution in [0.2, 0.25) is 0 Å². The summed E-state index contributed by atoms with van der Waals surface area (Å²) in [5.41, 5.74) is 1.81. The van der Waals surface area contributed by atoms with Crippen molar-refractivity contribution in [3.63, 3.8) is 0 Å². The van der Waals surface area contributed by atoms with Gasteiger partial charge >= 0.3 is 0 Å². The average molecular weight is 379 g/mol. The summed E-state index contributed by atoms with van der Waals surface area (Å²) in [6.45, 7) is 2.12. The normalized spacial score (nSPS) is 13.4. The summed E-state index contributed by atoms with van der Waals surface area (Å²) in [6.07, 6.45) is 4.10. The molecule has 0 spiro atoms. The van der Waals surface area contributed by atoms with Crippen LogP contribution in [0.5, 0.6) is 17.2 Å². The van der Waals surface area contributed by atoms with Gasteiger partial charge in [-0.25, -0.2) is 9.37 Å². The van der Waals surface area contributed by atoms with Crippen molar-refractivity contribution in [2.75, 3.05) is 30.4 Å². The second-order valence-corrected chi connectivity index (χ2v) is 6.62. The van der Waals surface area contributed by atoms with Crippen LogP contribution in [0.3, 0.4) is 0 Å². The van der Waals surface area contributed by atoms with Gasteiger partial charge < -0.3 is 19.7 Å². The number of methoxy groups -OCH3 is 1. The standard InChI is InChI=1S/C22H22FN3O2/c1-27-21-14-16(8-10-18(21)23)25-22-11-9-17(15-24-22)28-20-7-3-2-6-19(20)26-12-4-5-13-26/h2-3,6-11,14-15H,4-5,12-13H2,1H3,(H,24,25). The fourth-order valence-electron chi connectivity index (χ4n) is 3.29. The zero-order valence-electron chi connectivity index (χ0n) is 15.7. The molecular weight excluding hydrogens is 357 g/mol. The Bertz CT molecular complexity index is 941. The molecule has 1 fully saturated rings. The average Bonchev–Trinajstić information content (AvgIpc) is 3.26. The Morgan fingerprint density at radius 1 is 1.00 bits per heavy atom. The number of pyridine rings is 1. The van der Waals surface area contributed by atoms with E-state index in [9.17, 15) is 4.39 Å². The number of ether oxygens (including phenoxy) is 2. The van der Waals surface area contributed by atoms with Crippen LogP contribution < -0.4 is 19.7 Å². The molecule has 1 aliphatic rings. The van der Waals surface area contributed by atoms with Gasteiger partial charge in [-0.2, -0.15) is 0 Å². The van der Waals surface area contributed by atoms with Crippen molar-refractivity contribution < 1.29 is 13.9 Å². The van der Waals surface area contributed by atoms with Crippen molar-refractivity contribution in [1.82, 2.24) is 4.98 Å². The zero-order chi connectivity index (χ0) is 19.3. The van der Waals surface area contributed by atoms with Crippen LogP contribution >= 0.6 is 0 Å². The first-order chi connectivity index (χ1) is 13.7. The van der Waals surface area contributed by atoms with Gasteiger partial charge in [0, 0.05) is 24.8 Å². The van der Waals surface area contributed by atoms with E-state index >= 15 is 0 Å². The van der Waals surface area contributed by atoms with Crippen LogP contribution in [-0.4, -0.2) is 25.2 Å². The summed E-state index contributed by atoms with van der Waals surface area (Å²) in [5, 5.41) is 3.13. The van der Waals surface area contributed by atoms with Crippen molar-refractivity contribution in [2.24, 2.45) is 0 Å². The highest BCUT2D eigenvalue weighted by atomic mass is 19.1. The van der Waals surface area contributed by atoms with E-state index in [4.69, 9.17) is 9.47 Å². The molecule has 3 aromatic rings. The van der Waals surface area contributed by atoms with Crippen molar-refractivity contribution in [3.8, 4) is 17.2 Å². The molecule has 4 rings (SSSR count). The molecule has 2 aromatic carbocycles. The van der Waals surface area contributed by atoms with Crippen LogP contribution in [-0.2, 0) is 0 Å².